The maximum atomic E-state index is 11.0. The fraction of sp³-hybridized carbons (Fsp3) is 0.167. The molecule has 0 saturated heterocycles. The molecule has 1 atom stereocenters. The van der Waals surface area contributed by atoms with Crippen molar-refractivity contribution < 1.29 is 4.79 Å². The summed E-state index contributed by atoms with van der Waals surface area (Å²) in [4.78, 5) is 11.0. The summed E-state index contributed by atoms with van der Waals surface area (Å²) in [6, 6.07) is 6.91. The Kier molecular flexibility index (Phi) is 3.36. The molecule has 2 aromatic rings. The molecular formula is C12H13ClN4O. The Morgan fingerprint density at radius 3 is 2.67 bits per heavy atom. The molecule has 0 unspecified atom stereocenters. The van der Waals surface area contributed by atoms with E-state index in [0.717, 1.165) is 5.56 Å². The molecule has 6 heteroatoms. The second-order valence-electron chi connectivity index (χ2n) is 4.01. The van der Waals surface area contributed by atoms with Crippen molar-refractivity contribution in [3.8, 4) is 5.69 Å². The van der Waals surface area contributed by atoms with Gasteiger partial charge in [-0.25, -0.2) is 4.68 Å². The van der Waals surface area contributed by atoms with Crippen molar-refractivity contribution in [3.63, 3.8) is 0 Å². The highest BCUT2D eigenvalue weighted by Gasteiger charge is 2.10. The number of amides is 1. The summed E-state index contributed by atoms with van der Waals surface area (Å²) in [5, 5.41) is 4.56. The third-order valence-corrected chi connectivity index (χ3v) is 2.89. The van der Waals surface area contributed by atoms with Gasteiger partial charge in [0.2, 0.25) is 0 Å². The maximum Gasteiger partial charge on any atom is 0.269 e. The van der Waals surface area contributed by atoms with Crippen LogP contribution in [0.25, 0.3) is 5.69 Å². The van der Waals surface area contributed by atoms with Crippen molar-refractivity contribution >= 4 is 17.5 Å². The molecule has 0 spiro atoms. The van der Waals surface area contributed by atoms with Crippen molar-refractivity contribution in [1.82, 2.24) is 9.78 Å². The quantitative estimate of drug-likeness (QED) is 0.884. The molecule has 94 valence electrons. The Balaban J connectivity index is 2.41. The Labute approximate surface area is 109 Å². The fourth-order valence-corrected chi connectivity index (χ4v) is 1.86. The van der Waals surface area contributed by atoms with E-state index in [-0.39, 0.29) is 11.7 Å². The zero-order chi connectivity index (χ0) is 13.3. The van der Waals surface area contributed by atoms with Crippen LogP contribution < -0.4 is 11.5 Å². The van der Waals surface area contributed by atoms with Crippen LogP contribution in [0.4, 0.5) is 0 Å². The average Bonchev–Trinajstić information content (AvgIpc) is 2.78. The molecule has 1 heterocycles. The summed E-state index contributed by atoms with van der Waals surface area (Å²) < 4.78 is 1.51. The molecule has 1 aromatic heterocycles. The van der Waals surface area contributed by atoms with Crippen LogP contribution in [0.3, 0.4) is 0 Å². The SMILES string of the molecule is C[C@H](N)c1ccc(-n2ccc(C(N)=O)n2)c(Cl)c1. The molecule has 18 heavy (non-hydrogen) atoms. The highest BCUT2D eigenvalue weighted by Crippen LogP contribution is 2.23. The molecule has 0 radical (unpaired) electrons. The number of rotatable bonds is 3. The number of aromatic nitrogens is 2. The molecule has 0 aliphatic carbocycles. The van der Waals surface area contributed by atoms with Crippen molar-refractivity contribution in [3.05, 3.63) is 46.7 Å². The molecular weight excluding hydrogens is 252 g/mol. The van der Waals surface area contributed by atoms with Gasteiger partial charge in [0, 0.05) is 12.2 Å². The first kappa shape index (κ1) is 12.6. The van der Waals surface area contributed by atoms with E-state index in [1.807, 2.05) is 13.0 Å². The fourth-order valence-electron chi connectivity index (χ4n) is 1.58. The standard InChI is InChI=1S/C12H13ClN4O/c1-7(14)8-2-3-11(9(13)6-8)17-5-4-10(16-17)12(15)18/h2-7H,14H2,1H3,(H2,15,18)/t7-/m0/s1. The maximum absolute atomic E-state index is 11.0. The minimum absolute atomic E-state index is 0.0876. The van der Waals surface area contributed by atoms with Gasteiger partial charge >= 0.3 is 0 Å². The van der Waals surface area contributed by atoms with Gasteiger partial charge in [-0.15, -0.1) is 0 Å². The van der Waals surface area contributed by atoms with Crippen LogP contribution in [-0.4, -0.2) is 15.7 Å². The monoisotopic (exact) mass is 264 g/mol. The minimum Gasteiger partial charge on any atom is -0.364 e. The lowest BCUT2D eigenvalue weighted by atomic mass is 10.1. The van der Waals surface area contributed by atoms with Crippen molar-refractivity contribution in [2.24, 2.45) is 11.5 Å². The number of hydrogen-bond acceptors (Lipinski definition) is 3. The number of halogens is 1. The number of nitrogens with zero attached hydrogens (tertiary/aromatic N) is 2. The highest BCUT2D eigenvalue weighted by atomic mass is 35.5. The summed E-state index contributed by atoms with van der Waals surface area (Å²) in [7, 11) is 0. The molecule has 0 saturated carbocycles. The van der Waals surface area contributed by atoms with Crippen LogP contribution >= 0.6 is 11.6 Å². The average molecular weight is 265 g/mol. The van der Waals surface area contributed by atoms with Gasteiger partial charge in [0.05, 0.1) is 10.7 Å². The molecule has 2 rings (SSSR count). The van der Waals surface area contributed by atoms with E-state index in [4.69, 9.17) is 23.1 Å². The summed E-state index contributed by atoms with van der Waals surface area (Å²) in [5.74, 6) is -0.572. The van der Waals surface area contributed by atoms with E-state index in [2.05, 4.69) is 5.10 Å². The number of carbonyl (C=O) groups excluding carboxylic acids is 1. The predicted molar refractivity (Wildman–Crippen MR) is 69.7 cm³/mol. The third kappa shape index (κ3) is 2.37. The predicted octanol–water partition coefficient (Wildman–Crippen LogP) is 1.64. The second-order valence-corrected chi connectivity index (χ2v) is 4.42. The van der Waals surface area contributed by atoms with Gasteiger partial charge in [0.25, 0.3) is 5.91 Å². The molecule has 0 aliphatic rings. The van der Waals surface area contributed by atoms with Gasteiger partial charge < -0.3 is 11.5 Å². The van der Waals surface area contributed by atoms with E-state index < -0.39 is 5.91 Å². The largest absolute Gasteiger partial charge is 0.364 e. The molecule has 5 nitrogen and oxygen atoms in total. The van der Waals surface area contributed by atoms with E-state index in [1.54, 1.807) is 18.3 Å². The molecule has 1 amide bonds. The lowest BCUT2D eigenvalue weighted by molar-refractivity contribution is 0.0995. The summed E-state index contributed by atoms with van der Waals surface area (Å²) in [6.45, 7) is 1.88. The zero-order valence-corrected chi connectivity index (χ0v) is 10.6. The van der Waals surface area contributed by atoms with Gasteiger partial charge in [-0.1, -0.05) is 17.7 Å². The summed E-state index contributed by atoms with van der Waals surface area (Å²) in [6.07, 6.45) is 1.63. The minimum atomic E-state index is -0.572. The zero-order valence-electron chi connectivity index (χ0n) is 9.80. The van der Waals surface area contributed by atoms with Crippen molar-refractivity contribution in [1.29, 1.82) is 0 Å². The molecule has 0 fully saturated rings. The first-order valence-corrected chi connectivity index (χ1v) is 5.77. The van der Waals surface area contributed by atoms with Crippen LogP contribution in [0.5, 0.6) is 0 Å². The van der Waals surface area contributed by atoms with Crippen LogP contribution in [-0.2, 0) is 0 Å². The first-order chi connectivity index (χ1) is 8.49. The van der Waals surface area contributed by atoms with Crippen LogP contribution in [0, 0.1) is 0 Å². The van der Waals surface area contributed by atoms with Gasteiger partial charge in [0.1, 0.15) is 5.69 Å². The van der Waals surface area contributed by atoms with Gasteiger partial charge in [-0.3, -0.25) is 4.79 Å². The topological polar surface area (TPSA) is 86.9 Å². The molecule has 0 bridgehead atoms. The van der Waals surface area contributed by atoms with Crippen LogP contribution in [0.2, 0.25) is 5.02 Å². The number of benzene rings is 1. The number of primary amides is 1. The lowest BCUT2D eigenvalue weighted by Crippen LogP contribution is -2.12. The lowest BCUT2D eigenvalue weighted by Gasteiger charge is -2.09. The normalized spacial score (nSPS) is 12.4. The van der Waals surface area contributed by atoms with E-state index in [0.29, 0.717) is 10.7 Å². The van der Waals surface area contributed by atoms with Crippen molar-refractivity contribution in [2.45, 2.75) is 13.0 Å². The Hall–Kier alpha value is -1.85. The summed E-state index contributed by atoms with van der Waals surface area (Å²) >= 11 is 6.16. The van der Waals surface area contributed by atoms with Gasteiger partial charge in [0.15, 0.2) is 0 Å². The Morgan fingerprint density at radius 2 is 2.17 bits per heavy atom. The van der Waals surface area contributed by atoms with Crippen LogP contribution in [0.15, 0.2) is 30.5 Å². The van der Waals surface area contributed by atoms with Gasteiger partial charge in [-0.05, 0) is 30.7 Å². The molecule has 1 aromatic carbocycles. The van der Waals surface area contributed by atoms with E-state index in [9.17, 15) is 4.79 Å². The Bertz CT molecular complexity index is 592. The van der Waals surface area contributed by atoms with Crippen molar-refractivity contribution in [2.75, 3.05) is 0 Å². The number of nitrogens with two attached hydrogens (primary N) is 2. The molecule has 4 N–H and O–H groups in total. The first-order valence-electron chi connectivity index (χ1n) is 5.40. The smallest absolute Gasteiger partial charge is 0.269 e. The van der Waals surface area contributed by atoms with E-state index >= 15 is 0 Å². The van der Waals surface area contributed by atoms with E-state index in [1.165, 1.54) is 10.7 Å². The number of hydrogen-bond donors (Lipinski definition) is 2. The number of carbonyl (C=O) groups is 1. The van der Waals surface area contributed by atoms with Gasteiger partial charge in [-0.2, -0.15) is 5.10 Å². The summed E-state index contributed by atoms with van der Waals surface area (Å²) in [5.41, 5.74) is 12.7. The Morgan fingerprint density at radius 1 is 1.44 bits per heavy atom. The van der Waals surface area contributed by atoms with Crippen LogP contribution in [0.1, 0.15) is 29.0 Å². The second kappa shape index (κ2) is 4.80. The third-order valence-electron chi connectivity index (χ3n) is 2.59. The molecule has 0 aliphatic heterocycles. The highest BCUT2D eigenvalue weighted by molar-refractivity contribution is 6.32.